The quantitative estimate of drug-likeness (QED) is 0.610. The third-order valence-corrected chi connectivity index (χ3v) is 2.59. The van der Waals surface area contributed by atoms with Gasteiger partial charge in [0.15, 0.2) is 0 Å². The zero-order valence-corrected chi connectivity index (χ0v) is 10.8. The predicted molar refractivity (Wildman–Crippen MR) is 66.1 cm³/mol. The fourth-order valence-corrected chi connectivity index (χ4v) is 1.65. The van der Waals surface area contributed by atoms with Crippen molar-refractivity contribution in [2.75, 3.05) is 33.3 Å². The highest BCUT2D eigenvalue weighted by Crippen LogP contribution is 2.02. The van der Waals surface area contributed by atoms with Crippen LogP contribution in [0.1, 0.15) is 33.6 Å². The molecule has 0 amide bonds. The Bertz CT molecular complexity index is 134. The molecule has 0 spiro atoms. The van der Waals surface area contributed by atoms with Crippen molar-refractivity contribution in [1.82, 2.24) is 10.2 Å². The van der Waals surface area contributed by atoms with E-state index in [0.717, 1.165) is 32.0 Å². The van der Waals surface area contributed by atoms with Crippen LogP contribution in [0.5, 0.6) is 0 Å². The van der Waals surface area contributed by atoms with Gasteiger partial charge >= 0.3 is 0 Å². The Hall–Kier alpha value is -0.120. The van der Waals surface area contributed by atoms with Gasteiger partial charge in [-0.1, -0.05) is 20.8 Å². The van der Waals surface area contributed by atoms with E-state index in [1.165, 1.54) is 6.42 Å². The summed E-state index contributed by atoms with van der Waals surface area (Å²) < 4.78 is 0. The summed E-state index contributed by atoms with van der Waals surface area (Å²) in [6.07, 6.45) is 2.09. The molecule has 0 aromatic rings. The standard InChI is InChI=1S/C12H28N2O/c1-5-13-12(7-9-15)10-14(4)8-6-11(2)3/h11-13,15H,5-10H2,1-4H3. The van der Waals surface area contributed by atoms with Crippen molar-refractivity contribution in [3.63, 3.8) is 0 Å². The summed E-state index contributed by atoms with van der Waals surface area (Å²) in [5, 5.41) is 12.3. The minimum atomic E-state index is 0.273. The summed E-state index contributed by atoms with van der Waals surface area (Å²) in [4.78, 5) is 2.35. The first-order chi connectivity index (χ1) is 7.10. The van der Waals surface area contributed by atoms with Crippen molar-refractivity contribution in [3.05, 3.63) is 0 Å². The van der Waals surface area contributed by atoms with Gasteiger partial charge in [0, 0.05) is 19.2 Å². The van der Waals surface area contributed by atoms with Gasteiger partial charge in [0.25, 0.3) is 0 Å². The minimum Gasteiger partial charge on any atom is -0.396 e. The summed E-state index contributed by atoms with van der Waals surface area (Å²) >= 11 is 0. The van der Waals surface area contributed by atoms with Crippen molar-refractivity contribution in [2.24, 2.45) is 5.92 Å². The highest BCUT2D eigenvalue weighted by atomic mass is 16.3. The lowest BCUT2D eigenvalue weighted by atomic mass is 10.1. The Morgan fingerprint density at radius 2 is 1.93 bits per heavy atom. The molecule has 1 unspecified atom stereocenters. The molecule has 92 valence electrons. The Balaban J connectivity index is 3.72. The first-order valence-corrected chi connectivity index (χ1v) is 6.12. The third-order valence-electron chi connectivity index (χ3n) is 2.59. The molecular formula is C12H28N2O. The largest absolute Gasteiger partial charge is 0.396 e. The van der Waals surface area contributed by atoms with Gasteiger partial charge in [-0.05, 0) is 38.9 Å². The van der Waals surface area contributed by atoms with Crippen LogP contribution in [-0.4, -0.2) is 49.3 Å². The number of aliphatic hydroxyl groups excluding tert-OH is 1. The SMILES string of the molecule is CCNC(CCO)CN(C)CCC(C)C. The summed E-state index contributed by atoms with van der Waals surface area (Å²) in [7, 11) is 2.16. The fourth-order valence-electron chi connectivity index (χ4n) is 1.65. The summed E-state index contributed by atoms with van der Waals surface area (Å²) in [5.41, 5.74) is 0. The van der Waals surface area contributed by atoms with Gasteiger partial charge in [-0.25, -0.2) is 0 Å². The molecule has 0 bridgehead atoms. The van der Waals surface area contributed by atoms with E-state index in [1.54, 1.807) is 0 Å². The number of nitrogens with zero attached hydrogens (tertiary/aromatic N) is 1. The normalized spacial score (nSPS) is 13.8. The van der Waals surface area contributed by atoms with Crippen LogP contribution >= 0.6 is 0 Å². The van der Waals surface area contributed by atoms with Gasteiger partial charge in [-0.3, -0.25) is 0 Å². The number of rotatable bonds is 9. The molecule has 3 heteroatoms. The third kappa shape index (κ3) is 8.85. The second kappa shape index (κ2) is 9.13. The average Bonchev–Trinajstić information content (AvgIpc) is 2.15. The number of hydrogen-bond acceptors (Lipinski definition) is 3. The minimum absolute atomic E-state index is 0.273. The molecule has 3 nitrogen and oxygen atoms in total. The van der Waals surface area contributed by atoms with Gasteiger partial charge < -0.3 is 15.3 Å². The monoisotopic (exact) mass is 216 g/mol. The van der Waals surface area contributed by atoms with Gasteiger partial charge in [-0.15, -0.1) is 0 Å². The van der Waals surface area contributed by atoms with Crippen LogP contribution in [0, 0.1) is 5.92 Å². The van der Waals surface area contributed by atoms with Gasteiger partial charge in [0.05, 0.1) is 0 Å². The first-order valence-electron chi connectivity index (χ1n) is 6.12. The molecule has 0 aromatic heterocycles. The molecule has 0 saturated carbocycles. The molecule has 1 atom stereocenters. The van der Waals surface area contributed by atoms with Crippen molar-refractivity contribution in [3.8, 4) is 0 Å². The molecule has 0 heterocycles. The first kappa shape index (κ1) is 14.9. The van der Waals surface area contributed by atoms with E-state index in [-0.39, 0.29) is 6.61 Å². The molecule has 2 N–H and O–H groups in total. The van der Waals surface area contributed by atoms with Crippen LogP contribution in [0.15, 0.2) is 0 Å². The van der Waals surface area contributed by atoms with Crippen LogP contribution in [0.3, 0.4) is 0 Å². The number of nitrogens with one attached hydrogen (secondary N) is 1. The van der Waals surface area contributed by atoms with Crippen molar-refractivity contribution in [1.29, 1.82) is 0 Å². The number of aliphatic hydroxyl groups is 1. The highest BCUT2D eigenvalue weighted by Gasteiger charge is 2.09. The summed E-state index contributed by atoms with van der Waals surface area (Å²) in [5.74, 6) is 0.767. The van der Waals surface area contributed by atoms with Crippen molar-refractivity contribution in [2.45, 2.75) is 39.7 Å². The Labute approximate surface area is 94.9 Å². The van der Waals surface area contributed by atoms with E-state index in [0.29, 0.717) is 6.04 Å². The molecule has 0 aliphatic rings. The molecule has 0 saturated heterocycles. The zero-order chi connectivity index (χ0) is 11.7. The van der Waals surface area contributed by atoms with Crippen LogP contribution in [0.2, 0.25) is 0 Å². The second-order valence-corrected chi connectivity index (χ2v) is 4.71. The molecule has 15 heavy (non-hydrogen) atoms. The van der Waals surface area contributed by atoms with Gasteiger partial charge in [0.1, 0.15) is 0 Å². The van der Waals surface area contributed by atoms with E-state index in [2.05, 4.69) is 38.0 Å². The maximum Gasteiger partial charge on any atom is 0.0446 e. The maximum absolute atomic E-state index is 8.94. The molecule has 0 aromatic carbocycles. The van der Waals surface area contributed by atoms with Crippen LogP contribution in [0.25, 0.3) is 0 Å². The maximum atomic E-state index is 8.94. The Morgan fingerprint density at radius 1 is 1.27 bits per heavy atom. The van der Waals surface area contributed by atoms with Crippen molar-refractivity contribution >= 4 is 0 Å². The van der Waals surface area contributed by atoms with E-state index in [1.807, 2.05) is 0 Å². The Morgan fingerprint density at radius 3 is 2.40 bits per heavy atom. The molecule has 0 aliphatic heterocycles. The van der Waals surface area contributed by atoms with Gasteiger partial charge in [-0.2, -0.15) is 0 Å². The van der Waals surface area contributed by atoms with E-state index in [9.17, 15) is 0 Å². The molecule has 0 rings (SSSR count). The number of likely N-dealkylation sites (N-methyl/N-ethyl adjacent to an activating group) is 2. The van der Waals surface area contributed by atoms with E-state index >= 15 is 0 Å². The smallest absolute Gasteiger partial charge is 0.0446 e. The predicted octanol–water partition coefficient (Wildman–Crippen LogP) is 1.32. The average molecular weight is 216 g/mol. The van der Waals surface area contributed by atoms with E-state index < -0.39 is 0 Å². The number of hydrogen-bond donors (Lipinski definition) is 2. The van der Waals surface area contributed by atoms with Crippen LogP contribution in [0.4, 0.5) is 0 Å². The van der Waals surface area contributed by atoms with Gasteiger partial charge in [0.2, 0.25) is 0 Å². The fraction of sp³-hybridized carbons (Fsp3) is 1.00. The lowest BCUT2D eigenvalue weighted by Crippen LogP contribution is -2.40. The lowest BCUT2D eigenvalue weighted by Gasteiger charge is -2.24. The topological polar surface area (TPSA) is 35.5 Å². The summed E-state index contributed by atoms with van der Waals surface area (Å²) in [6.45, 7) is 10.0. The Kier molecular flexibility index (Phi) is 9.06. The molecule has 0 fully saturated rings. The molecule has 0 aliphatic carbocycles. The molecular weight excluding hydrogens is 188 g/mol. The second-order valence-electron chi connectivity index (χ2n) is 4.71. The zero-order valence-electron chi connectivity index (χ0n) is 10.8. The molecule has 0 radical (unpaired) electrons. The van der Waals surface area contributed by atoms with E-state index in [4.69, 9.17) is 5.11 Å². The van der Waals surface area contributed by atoms with Crippen LogP contribution in [-0.2, 0) is 0 Å². The van der Waals surface area contributed by atoms with Crippen molar-refractivity contribution < 1.29 is 5.11 Å². The lowest BCUT2D eigenvalue weighted by molar-refractivity contribution is 0.225. The highest BCUT2D eigenvalue weighted by molar-refractivity contribution is 4.69. The summed E-state index contributed by atoms with van der Waals surface area (Å²) in [6, 6.07) is 0.428. The van der Waals surface area contributed by atoms with Crippen LogP contribution < -0.4 is 5.32 Å².